The number of hydrogen-bond acceptors (Lipinski definition) is 1. The summed E-state index contributed by atoms with van der Waals surface area (Å²) >= 11 is 2.40. The Morgan fingerprint density at radius 1 is 0.778 bits per heavy atom. The third-order valence-corrected chi connectivity index (χ3v) is 4.21. The maximum atomic E-state index is 2.40. The van der Waals surface area contributed by atoms with E-state index in [0.29, 0.717) is 0 Å². The molecule has 1 nitrogen and oxygen atoms in total. The number of rotatable bonds is 4. The Labute approximate surface area is 123 Å². The van der Waals surface area contributed by atoms with E-state index in [9.17, 15) is 0 Å². The van der Waals surface area contributed by atoms with Gasteiger partial charge in [0.25, 0.3) is 0 Å². The second-order valence-electron chi connectivity index (χ2n) is 4.25. The van der Waals surface area contributed by atoms with Crippen molar-refractivity contribution >= 4 is 34.2 Å². The van der Waals surface area contributed by atoms with Crippen LogP contribution in [0.1, 0.15) is 25.0 Å². The number of benzene rings is 2. The van der Waals surface area contributed by atoms with Gasteiger partial charge in [0.2, 0.25) is 0 Å². The SMILES string of the molecule is CCc1ccccc1N(I)c1ccccc1CC. The van der Waals surface area contributed by atoms with Crippen LogP contribution >= 0.6 is 22.9 Å². The summed E-state index contributed by atoms with van der Waals surface area (Å²) < 4.78 is 2.27. The highest BCUT2D eigenvalue weighted by molar-refractivity contribution is 14.1. The van der Waals surface area contributed by atoms with Crippen molar-refractivity contribution in [2.75, 3.05) is 3.11 Å². The van der Waals surface area contributed by atoms with Gasteiger partial charge in [-0.15, -0.1) is 0 Å². The molecule has 0 aliphatic heterocycles. The number of hydrogen-bond donors (Lipinski definition) is 0. The third-order valence-electron chi connectivity index (χ3n) is 3.17. The van der Waals surface area contributed by atoms with Crippen molar-refractivity contribution in [2.24, 2.45) is 0 Å². The first kappa shape index (κ1) is 13.4. The second-order valence-corrected chi connectivity index (χ2v) is 5.21. The van der Waals surface area contributed by atoms with E-state index in [1.54, 1.807) is 0 Å². The number of halogens is 1. The minimum atomic E-state index is 1.06. The fourth-order valence-electron chi connectivity index (χ4n) is 2.13. The van der Waals surface area contributed by atoms with Gasteiger partial charge in [0, 0.05) is 0 Å². The van der Waals surface area contributed by atoms with Crippen molar-refractivity contribution in [1.29, 1.82) is 0 Å². The first-order chi connectivity index (χ1) is 8.77. The molecule has 2 heteroatoms. The van der Waals surface area contributed by atoms with Crippen molar-refractivity contribution in [1.82, 2.24) is 0 Å². The van der Waals surface area contributed by atoms with Gasteiger partial charge in [-0.1, -0.05) is 50.2 Å². The van der Waals surface area contributed by atoms with Gasteiger partial charge >= 0.3 is 0 Å². The number of nitrogens with zero attached hydrogens (tertiary/aromatic N) is 1. The summed E-state index contributed by atoms with van der Waals surface area (Å²) in [6.07, 6.45) is 2.12. The topological polar surface area (TPSA) is 3.24 Å². The molecule has 0 unspecified atom stereocenters. The Bertz CT molecular complexity index is 475. The lowest BCUT2D eigenvalue weighted by molar-refractivity contribution is 1.11. The first-order valence-electron chi connectivity index (χ1n) is 6.39. The Morgan fingerprint density at radius 3 is 1.56 bits per heavy atom. The van der Waals surface area contributed by atoms with E-state index in [4.69, 9.17) is 0 Å². The van der Waals surface area contributed by atoms with Gasteiger partial charge in [-0.2, -0.15) is 0 Å². The average molecular weight is 351 g/mol. The first-order valence-corrected chi connectivity index (χ1v) is 7.36. The molecule has 0 spiro atoms. The van der Waals surface area contributed by atoms with Crippen LogP contribution in [0, 0.1) is 0 Å². The molecular formula is C16H18IN. The van der Waals surface area contributed by atoms with Crippen molar-refractivity contribution in [3.63, 3.8) is 0 Å². The Morgan fingerprint density at radius 2 is 1.17 bits per heavy atom. The Hall–Kier alpha value is -1.03. The summed E-state index contributed by atoms with van der Waals surface area (Å²) in [6, 6.07) is 17.2. The van der Waals surface area contributed by atoms with E-state index in [1.165, 1.54) is 22.5 Å². The van der Waals surface area contributed by atoms with E-state index in [0.717, 1.165) is 12.8 Å². The van der Waals surface area contributed by atoms with E-state index in [-0.39, 0.29) is 0 Å². The second kappa shape index (κ2) is 6.23. The fraction of sp³-hybridized carbons (Fsp3) is 0.250. The van der Waals surface area contributed by atoms with Crippen LogP contribution in [0.5, 0.6) is 0 Å². The Kier molecular flexibility index (Phi) is 4.64. The molecule has 0 aromatic heterocycles. The van der Waals surface area contributed by atoms with E-state index < -0.39 is 0 Å². The van der Waals surface area contributed by atoms with Gasteiger partial charge in [-0.25, -0.2) is 0 Å². The van der Waals surface area contributed by atoms with Crippen LogP contribution in [0.2, 0.25) is 0 Å². The van der Waals surface area contributed by atoms with Crippen LogP contribution in [0.3, 0.4) is 0 Å². The highest BCUT2D eigenvalue weighted by Gasteiger charge is 2.11. The number of aryl methyl sites for hydroxylation is 2. The predicted octanol–water partition coefficient (Wildman–Crippen LogP) is 5.30. The zero-order chi connectivity index (χ0) is 13.0. The molecule has 0 aliphatic carbocycles. The van der Waals surface area contributed by atoms with Crippen LogP contribution in [-0.4, -0.2) is 0 Å². The van der Waals surface area contributed by atoms with Crippen molar-refractivity contribution in [2.45, 2.75) is 26.7 Å². The summed E-state index contributed by atoms with van der Waals surface area (Å²) in [5.74, 6) is 0. The van der Waals surface area contributed by atoms with Gasteiger partial charge in [-0.05, 0) is 36.1 Å². The number of para-hydroxylation sites is 2. The molecule has 0 N–H and O–H groups in total. The zero-order valence-electron chi connectivity index (χ0n) is 10.9. The largest absolute Gasteiger partial charge is 0.282 e. The molecule has 0 atom stereocenters. The Balaban J connectivity index is 2.44. The lowest BCUT2D eigenvalue weighted by atomic mass is 10.1. The molecule has 0 amide bonds. The highest BCUT2D eigenvalue weighted by atomic mass is 127. The molecule has 0 bridgehead atoms. The summed E-state index contributed by atoms with van der Waals surface area (Å²) in [7, 11) is 0. The molecule has 94 valence electrons. The standard InChI is InChI=1S/C16H18IN/c1-3-13-9-5-7-11-15(13)18(17)16-12-8-6-10-14(16)4-2/h5-12H,3-4H2,1-2H3. The van der Waals surface area contributed by atoms with Crippen LogP contribution in [0.4, 0.5) is 11.4 Å². The van der Waals surface area contributed by atoms with Gasteiger partial charge < -0.3 is 0 Å². The van der Waals surface area contributed by atoms with Gasteiger partial charge in [0.1, 0.15) is 0 Å². The van der Waals surface area contributed by atoms with E-state index >= 15 is 0 Å². The molecule has 0 radical (unpaired) electrons. The lowest BCUT2D eigenvalue weighted by Gasteiger charge is -2.22. The monoisotopic (exact) mass is 351 g/mol. The van der Waals surface area contributed by atoms with Crippen LogP contribution < -0.4 is 3.11 Å². The van der Waals surface area contributed by atoms with Crippen molar-refractivity contribution in [3.8, 4) is 0 Å². The van der Waals surface area contributed by atoms with Crippen molar-refractivity contribution in [3.05, 3.63) is 59.7 Å². The number of anilines is 2. The molecule has 2 rings (SSSR count). The molecular weight excluding hydrogens is 333 g/mol. The van der Waals surface area contributed by atoms with E-state index in [2.05, 4.69) is 88.4 Å². The molecule has 2 aromatic carbocycles. The van der Waals surface area contributed by atoms with Gasteiger partial charge in [0.15, 0.2) is 0 Å². The maximum Gasteiger partial charge on any atom is 0.0646 e. The normalized spacial score (nSPS) is 10.4. The average Bonchev–Trinajstić information content (AvgIpc) is 2.46. The molecule has 0 heterocycles. The molecule has 0 saturated heterocycles. The van der Waals surface area contributed by atoms with Crippen LogP contribution in [0.15, 0.2) is 48.5 Å². The summed E-state index contributed by atoms with van der Waals surface area (Å²) in [5, 5.41) is 0. The van der Waals surface area contributed by atoms with E-state index in [1.807, 2.05) is 0 Å². The lowest BCUT2D eigenvalue weighted by Crippen LogP contribution is -2.06. The minimum Gasteiger partial charge on any atom is -0.282 e. The highest BCUT2D eigenvalue weighted by Crippen LogP contribution is 2.34. The molecule has 0 saturated carbocycles. The zero-order valence-corrected chi connectivity index (χ0v) is 13.0. The quantitative estimate of drug-likeness (QED) is 0.534. The third kappa shape index (κ3) is 2.69. The van der Waals surface area contributed by atoms with Crippen LogP contribution in [0.25, 0.3) is 0 Å². The fourth-order valence-corrected chi connectivity index (χ4v) is 3.07. The predicted molar refractivity (Wildman–Crippen MR) is 87.8 cm³/mol. The summed E-state index contributed by atoms with van der Waals surface area (Å²) in [4.78, 5) is 0. The molecule has 0 aliphatic rings. The smallest absolute Gasteiger partial charge is 0.0646 e. The van der Waals surface area contributed by atoms with Gasteiger partial charge in [-0.3, -0.25) is 3.11 Å². The minimum absolute atomic E-state index is 1.06. The molecule has 0 fully saturated rings. The van der Waals surface area contributed by atoms with Crippen LogP contribution in [-0.2, 0) is 12.8 Å². The maximum absolute atomic E-state index is 2.40. The van der Waals surface area contributed by atoms with Gasteiger partial charge in [0.05, 0.1) is 34.2 Å². The summed E-state index contributed by atoms with van der Waals surface area (Å²) in [5.41, 5.74) is 5.36. The van der Waals surface area contributed by atoms with Crippen molar-refractivity contribution < 1.29 is 0 Å². The summed E-state index contributed by atoms with van der Waals surface area (Å²) in [6.45, 7) is 4.41. The molecule has 2 aromatic rings. The molecule has 18 heavy (non-hydrogen) atoms.